The Labute approximate surface area is 129 Å². The van der Waals surface area contributed by atoms with Crippen LogP contribution in [0.4, 0.5) is 0 Å². The van der Waals surface area contributed by atoms with Crippen LogP contribution in [0, 0.1) is 0 Å². The van der Waals surface area contributed by atoms with Gasteiger partial charge < -0.3 is 5.73 Å². The summed E-state index contributed by atoms with van der Waals surface area (Å²) in [5, 5.41) is 5.63. The molecule has 108 valence electrons. The van der Waals surface area contributed by atoms with Crippen LogP contribution in [-0.4, -0.2) is 9.78 Å². The fourth-order valence-electron chi connectivity index (χ4n) is 2.21. The van der Waals surface area contributed by atoms with Crippen molar-refractivity contribution in [2.45, 2.75) is 39.3 Å². The summed E-state index contributed by atoms with van der Waals surface area (Å²) in [4.78, 5) is 0. The van der Waals surface area contributed by atoms with Crippen LogP contribution in [0.15, 0.2) is 24.3 Å². The zero-order chi connectivity index (χ0) is 14.7. The average Bonchev–Trinajstić information content (AvgIpc) is 2.84. The molecule has 5 heteroatoms. The largest absolute Gasteiger partial charge is 0.324 e. The molecule has 0 radical (unpaired) electrons. The average molecular weight is 312 g/mol. The van der Waals surface area contributed by atoms with Gasteiger partial charge in [-0.2, -0.15) is 5.10 Å². The van der Waals surface area contributed by atoms with E-state index >= 15 is 0 Å². The highest BCUT2D eigenvalue weighted by Gasteiger charge is 2.13. The Kier molecular flexibility index (Phi) is 5.08. The van der Waals surface area contributed by atoms with Crippen LogP contribution >= 0.6 is 23.2 Å². The van der Waals surface area contributed by atoms with Gasteiger partial charge in [-0.25, -0.2) is 0 Å². The lowest BCUT2D eigenvalue weighted by Gasteiger charge is -2.13. The number of hydrogen-bond donors (Lipinski definition) is 1. The van der Waals surface area contributed by atoms with E-state index in [2.05, 4.69) is 25.0 Å². The molecule has 1 heterocycles. The summed E-state index contributed by atoms with van der Waals surface area (Å²) < 4.78 is 2.01. The van der Waals surface area contributed by atoms with Gasteiger partial charge in [-0.05, 0) is 37.1 Å². The number of nitrogens with two attached hydrogens (primary N) is 1. The lowest BCUT2D eigenvalue weighted by atomic mass is 10.0. The summed E-state index contributed by atoms with van der Waals surface area (Å²) in [5.74, 6) is 0. The number of benzene rings is 1. The summed E-state index contributed by atoms with van der Waals surface area (Å²) in [7, 11) is 0. The lowest BCUT2D eigenvalue weighted by Crippen LogP contribution is -2.16. The summed E-state index contributed by atoms with van der Waals surface area (Å²) >= 11 is 12.0. The van der Waals surface area contributed by atoms with Crippen LogP contribution in [0.2, 0.25) is 10.0 Å². The smallest absolute Gasteiger partial charge is 0.0624 e. The molecular weight excluding hydrogens is 293 g/mol. The van der Waals surface area contributed by atoms with E-state index in [9.17, 15) is 0 Å². The van der Waals surface area contributed by atoms with E-state index in [1.54, 1.807) is 6.07 Å². The molecule has 1 atom stereocenters. The number of aryl methyl sites for hydroxylation is 2. The second kappa shape index (κ2) is 6.61. The number of nitrogens with zero attached hydrogens (tertiary/aromatic N) is 2. The van der Waals surface area contributed by atoms with Gasteiger partial charge in [-0.1, -0.05) is 36.2 Å². The molecule has 2 rings (SSSR count). The molecule has 0 bridgehead atoms. The minimum absolute atomic E-state index is 0.114. The molecule has 2 aromatic rings. The lowest BCUT2D eigenvalue weighted by molar-refractivity contribution is 0.585. The third kappa shape index (κ3) is 3.35. The van der Waals surface area contributed by atoms with E-state index in [0.29, 0.717) is 10.0 Å². The minimum atomic E-state index is -0.114. The zero-order valence-corrected chi connectivity index (χ0v) is 13.2. The fourth-order valence-corrected chi connectivity index (χ4v) is 2.52. The third-order valence-electron chi connectivity index (χ3n) is 3.38. The van der Waals surface area contributed by atoms with E-state index in [-0.39, 0.29) is 6.04 Å². The highest BCUT2D eigenvalue weighted by molar-refractivity contribution is 6.42. The van der Waals surface area contributed by atoms with E-state index < -0.39 is 0 Å². The minimum Gasteiger partial charge on any atom is -0.324 e. The van der Waals surface area contributed by atoms with Gasteiger partial charge in [0, 0.05) is 24.7 Å². The number of aromatic nitrogens is 2. The Morgan fingerprint density at radius 3 is 2.55 bits per heavy atom. The molecule has 0 aliphatic heterocycles. The highest BCUT2D eigenvalue weighted by atomic mass is 35.5. The molecule has 0 spiro atoms. The topological polar surface area (TPSA) is 43.8 Å². The Morgan fingerprint density at radius 1 is 1.20 bits per heavy atom. The van der Waals surface area contributed by atoms with Crippen LogP contribution in [-0.2, 0) is 19.4 Å². The summed E-state index contributed by atoms with van der Waals surface area (Å²) in [6, 6.07) is 7.56. The van der Waals surface area contributed by atoms with Gasteiger partial charge >= 0.3 is 0 Å². The van der Waals surface area contributed by atoms with E-state index in [1.807, 2.05) is 16.8 Å². The predicted octanol–water partition coefficient (Wildman–Crippen LogP) is 4.01. The second-order valence-corrected chi connectivity index (χ2v) is 5.59. The Balaban J connectivity index is 2.20. The van der Waals surface area contributed by atoms with Crippen LogP contribution in [0.25, 0.3) is 0 Å². The summed E-state index contributed by atoms with van der Waals surface area (Å²) in [6.45, 7) is 5.04. The summed E-state index contributed by atoms with van der Waals surface area (Å²) in [6.07, 6.45) is 1.67. The monoisotopic (exact) mass is 311 g/mol. The maximum Gasteiger partial charge on any atom is 0.0624 e. The van der Waals surface area contributed by atoms with E-state index in [0.717, 1.165) is 36.3 Å². The van der Waals surface area contributed by atoms with Crippen molar-refractivity contribution < 1.29 is 0 Å². The third-order valence-corrected chi connectivity index (χ3v) is 4.12. The number of rotatable bonds is 5. The van der Waals surface area contributed by atoms with Crippen molar-refractivity contribution in [1.82, 2.24) is 9.78 Å². The molecule has 1 aromatic heterocycles. The fraction of sp³-hybridized carbons (Fsp3) is 0.400. The molecule has 3 nitrogen and oxygen atoms in total. The van der Waals surface area contributed by atoms with Gasteiger partial charge in [0.25, 0.3) is 0 Å². The molecule has 0 aliphatic carbocycles. The highest BCUT2D eigenvalue weighted by Crippen LogP contribution is 2.26. The Bertz CT molecular complexity index is 593. The predicted molar refractivity (Wildman–Crippen MR) is 84.4 cm³/mol. The molecule has 0 amide bonds. The standard InChI is InChI=1S/C15H19Cl2N3/c1-3-11-8-12(20(4-2)19-11)9-15(18)10-5-6-13(16)14(17)7-10/h5-8,15H,3-4,9,18H2,1-2H3. The molecule has 0 fully saturated rings. The van der Waals surface area contributed by atoms with Crippen molar-refractivity contribution in [3.8, 4) is 0 Å². The molecule has 0 aliphatic rings. The number of halogens is 2. The first kappa shape index (κ1) is 15.4. The molecule has 0 saturated heterocycles. The van der Waals surface area contributed by atoms with Gasteiger partial charge in [0.1, 0.15) is 0 Å². The Morgan fingerprint density at radius 2 is 1.95 bits per heavy atom. The molecule has 20 heavy (non-hydrogen) atoms. The SMILES string of the molecule is CCc1cc(CC(N)c2ccc(Cl)c(Cl)c2)n(CC)n1. The molecule has 1 unspecified atom stereocenters. The molecule has 1 aromatic carbocycles. The van der Waals surface area contributed by atoms with Crippen LogP contribution in [0.5, 0.6) is 0 Å². The molecule has 2 N–H and O–H groups in total. The van der Waals surface area contributed by atoms with Gasteiger partial charge in [-0.15, -0.1) is 0 Å². The van der Waals surface area contributed by atoms with E-state index in [1.165, 1.54) is 0 Å². The quantitative estimate of drug-likeness (QED) is 0.906. The first-order chi connectivity index (χ1) is 9.55. The second-order valence-electron chi connectivity index (χ2n) is 4.78. The normalized spacial score (nSPS) is 12.7. The maximum atomic E-state index is 6.28. The van der Waals surface area contributed by atoms with Gasteiger partial charge in [0.05, 0.1) is 15.7 Å². The molecular formula is C15H19Cl2N3. The first-order valence-electron chi connectivity index (χ1n) is 6.81. The van der Waals surface area contributed by atoms with Crippen molar-refractivity contribution in [3.63, 3.8) is 0 Å². The van der Waals surface area contributed by atoms with E-state index in [4.69, 9.17) is 28.9 Å². The maximum absolute atomic E-state index is 6.28. The Hall–Kier alpha value is -1.03. The van der Waals surface area contributed by atoms with Crippen molar-refractivity contribution >= 4 is 23.2 Å². The van der Waals surface area contributed by atoms with Crippen molar-refractivity contribution in [2.24, 2.45) is 5.73 Å². The van der Waals surface area contributed by atoms with Crippen molar-refractivity contribution in [2.75, 3.05) is 0 Å². The number of hydrogen-bond acceptors (Lipinski definition) is 2. The summed E-state index contributed by atoms with van der Waals surface area (Å²) in [5.41, 5.74) is 9.52. The van der Waals surface area contributed by atoms with Crippen molar-refractivity contribution in [3.05, 3.63) is 51.3 Å². The first-order valence-corrected chi connectivity index (χ1v) is 7.56. The van der Waals surface area contributed by atoms with Gasteiger partial charge in [-0.3, -0.25) is 4.68 Å². The van der Waals surface area contributed by atoms with Crippen molar-refractivity contribution in [1.29, 1.82) is 0 Å². The van der Waals surface area contributed by atoms with Crippen LogP contribution in [0.3, 0.4) is 0 Å². The van der Waals surface area contributed by atoms with Crippen LogP contribution < -0.4 is 5.73 Å². The van der Waals surface area contributed by atoms with Gasteiger partial charge in [0.15, 0.2) is 0 Å². The van der Waals surface area contributed by atoms with Crippen LogP contribution in [0.1, 0.15) is 36.8 Å². The molecule has 0 saturated carbocycles. The zero-order valence-electron chi connectivity index (χ0n) is 11.7. The van der Waals surface area contributed by atoms with Gasteiger partial charge in [0.2, 0.25) is 0 Å².